The third kappa shape index (κ3) is 2.98. The van der Waals surface area contributed by atoms with E-state index in [1.807, 2.05) is 0 Å². The summed E-state index contributed by atoms with van der Waals surface area (Å²) >= 11 is 0. The number of alkyl halides is 3. The molecule has 0 amide bonds. The van der Waals surface area contributed by atoms with Gasteiger partial charge in [-0.3, -0.25) is 9.48 Å². The molecule has 2 aliphatic carbocycles. The van der Waals surface area contributed by atoms with Gasteiger partial charge in [-0.25, -0.2) is 13.5 Å². The monoisotopic (exact) mass is 358 g/mol. The maximum atomic E-state index is 14.2. The summed E-state index contributed by atoms with van der Waals surface area (Å²) < 4.78 is 68.4. The Kier molecular flexibility index (Phi) is 3.56. The molecule has 0 unspecified atom stereocenters. The van der Waals surface area contributed by atoms with E-state index in [0.29, 0.717) is 30.2 Å². The van der Waals surface area contributed by atoms with E-state index in [0.717, 1.165) is 34.3 Å². The number of hydrogen-bond acceptors (Lipinski definition) is 1. The van der Waals surface area contributed by atoms with Crippen molar-refractivity contribution in [2.75, 3.05) is 0 Å². The molecule has 8 heteroatoms. The summed E-state index contributed by atoms with van der Waals surface area (Å²) in [5, 5.41) is 0. The molecule has 134 valence electrons. The van der Waals surface area contributed by atoms with Crippen molar-refractivity contribution >= 4 is 0 Å². The molecule has 1 heterocycles. The van der Waals surface area contributed by atoms with Gasteiger partial charge < -0.3 is 0 Å². The fourth-order valence-corrected chi connectivity index (χ4v) is 3.34. The van der Waals surface area contributed by atoms with Gasteiger partial charge in [0.25, 0.3) is 5.56 Å². The molecule has 0 N–H and O–H groups in total. The van der Waals surface area contributed by atoms with E-state index in [-0.39, 0.29) is 17.5 Å². The second-order valence-electron chi connectivity index (χ2n) is 6.73. The number of benzene rings is 1. The minimum Gasteiger partial charge on any atom is -0.272 e. The van der Waals surface area contributed by atoms with Crippen LogP contribution in [-0.2, 0) is 6.54 Å². The van der Waals surface area contributed by atoms with Crippen molar-refractivity contribution in [2.24, 2.45) is 0 Å². The first kappa shape index (κ1) is 16.4. The summed E-state index contributed by atoms with van der Waals surface area (Å²) in [4.78, 5) is 12.9. The molecule has 3 nitrogen and oxygen atoms in total. The van der Waals surface area contributed by atoms with Gasteiger partial charge in [-0.2, -0.15) is 13.2 Å². The highest BCUT2D eigenvalue weighted by Crippen LogP contribution is 2.48. The van der Waals surface area contributed by atoms with Gasteiger partial charge in [-0.15, -0.1) is 0 Å². The lowest BCUT2D eigenvalue weighted by Crippen LogP contribution is -2.29. The van der Waals surface area contributed by atoms with E-state index in [2.05, 4.69) is 0 Å². The van der Waals surface area contributed by atoms with E-state index in [1.165, 1.54) is 0 Å². The van der Waals surface area contributed by atoms with Gasteiger partial charge in [0.05, 0.1) is 0 Å². The van der Waals surface area contributed by atoms with Crippen LogP contribution in [0.4, 0.5) is 22.0 Å². The molecule has 1 aromatic carbocycles. The van der Waals surface area contributed by atoms with Crippen molar-refractivity contribution in [1.29, 1.82) is 0 Å². The maximum Gasteiger partial charge on any atom is 0.407 e. The Morgan fingerprint density at radius 1 is 1.04 bits per heavy atom. The molecule has 2 fully saturated rings. The summed E-state index contributed by atoms with van der Waals surface area (Å²) in [6, 6.07) is 2.51. The average Bonchev–Trinajstić information content (AvgIpc) is 3.38. The van der Waals surface area contributed by atoms with Gasteiger partial charge in [0.2, 0.25) is 0 Å². The molecule has 2 aliphatic rings. The average molecular weight is 358 g/mol. The van der Waals surface area contributed by atoms with Crippen LogP contribution >= 0.6 is 0 Å². The van der Waals surface area contributed by atoms with Gasteiger partial charge in [-0.1, -0.05) is 0 Å². The number of aromatic nitrogens is 2. The van der Waals surface area contributed by atoms with Gasteiger partial charge in [0.15, 0.2) is 5.82 Å². The second kappa shape index (κ2) is 5.44. The van der Waals surface area contributed by atoms with Crippen LogP contribution in [0.15, 0.2) is 23.0 Å². The van der Waals surface area contributed by atoms with Crippen LogP contribution in [0.1, 0.15) is 48.8 Å². The van der Waals surface area contributed by atoms with E-state index in [1.54, 1.807) is 0 Å². The first-order chi connectivity index (χ1) is 11.8. The van der Waals surface area contributed by atoms with Crippen molar-refractivity contribution in [3.8, 4) is 5.69 Å². The standard InChI is InChI=1S/C17H15F5N2O/c18-11-5-6-13(12(19)7-11)24-16(25)14(9-1-2-9)15(10-3-4-10)23(24)8-17(20,21)22/h5-7,9-10H,1-4,8H2. The summed E-state index contributed by atoms with van der Waals surface area (Å²) in [5.74, 6) is -2.08. The molecule has 0 atom stereocenters. The molecule has 0 radical (unpaired) electrons. The van der Waals surface area contributed by atoms with E-state index in [9.17, 15) is 26.7 Å². The topological polar surface area (TPSA) is 26.9 Å². The Morgan fingerprint density at radius 2 is 1.68 bits per heavy atom. The van der Waals surface area contributed by atoms with Gasteiger partial charge in [0.1, 0.15) is 18.0 Å². The molecule has 0 aliphatic heterocycles. The molecule has 1 aromatic heterocycles. The van der Waals surface area contributed by atoms with Crippen molar-refractivity contribution in [3.63, 3.8) is 0 Å². The molecule has 25 heavy (non-hydrogen) atoms. The fourth-order valence-electron chi connectivity index (χ4n) is 3.34. The lowest BCUT2D eigenvalue weighted by atomic mass is 10.1. The zero-order chi connectivity index (χ0) is 17.9. The van der Waals surface area contributed by atoms with Crippen molar-refractivity contribution in [2.45, 2.75) is 50.2 Å². The molecular weight excluding hydrogens is 343 g/mol. The number of halogens is 5. The molecule has 4 rings (SSSR count). The zero-order valence-electron chi connectivity index (χ0n) is 13.1. The van der Waals surface area contributed by atoms with Crippen molar-refractivity contribution < 1.29 is 22.0 Å². The van der Waals surface area contributed by atoms with Gasteiger partial charge in [0, 0.05) is 23.2 Å². The van der Waals surface area contributed by atoms with Crippen molar-refractivity contribution in [1.82, 2.24) is 9.36 Å². The Balaban J connectivity index is 1.98. The Labute approximate surface area is 139 Å². The zero-order valence-corrected chi connectivity index (χ0v) is 13.1. The van der Waals surface area contributed by atoms with E-state index >= 15 is 0 Å². The normalized spacial score (nSPS) is 18.0. The Bertz CT molecular complexity index is 888. The second-order valence-corrected chi connectivity index (χ2v) is 6.73. The van der Waals surface area contributed by atoms with Crippen LogP contribution in [0, 0.1) is 11.6 Å². The highest BCUT2D eigenvalue weighted by molar-refractivity contribution is 5.40. The maximum absolute atomic E-state index is 14.2. The molecule has 2 aromatic rings. The third-order valence-corrected chi connectivity index (χ3v) is 4.63. The lowest BCUT2D eigenvalue weighted by Gasteiger charge is -2.17. The summed E-state index contributed by atoms with van der Waals surface area (Å²) in [6.45, 7) is -1.38. The Hall–Kier alpha value is -2.12. The van der Waals surface area contributed by atoms with Crippen molar-refractivity contribution in [3.05, 3.63) is 51.4 Å². The molecule has 0 bridgehead atoms. The molecular formula is C17H15F5N2O. The predicted molar refractivity (Wildman–Crippen MR) is 80.0 cm³/mol. The lowest BCUT2D eigenvalue weighted by molar-refractivity contribution is -0.144. The smallest absolute Gasteiger partial charge is 0.272 e. The highest BCUT2D eigenvalue weighted by Gasteiger charge is 2.42. The van der Waals surface area contributed by atoms with Crippen LogP contribution < -0.4 is 5.56 Å². The summed E-state index contributed by atoms with van der Waals surface area (Å²) in [7, 11) is 0. The Morgan fingerprint density at radius 3 is 2.20 bits per heavy atom. The SMILES string of the molecule is O=c1c(C2CC2)c(C2CC2)n(CC(F)(F)F)n1-c1ccc(F)cc1F. The van der Waals surface area contributed by atoms with E-state index in [4.69, 9.17) is 0 Å². The first-order valence-electron chi connectivity index (χ1n) is 8.14. The summed E-state index contributed by atoms with van der Waals surface area (Å²) in [5.41, 5.74) is -0.243. The van der Waals surface area contributed by atoms with Crippen LogP contribution in [0.3, 0.4) is 0 Å². The predicted octanol–water partition coefficient (Wildman–Crippen LogP) is 4.23. The molecule has 0 spiro atoms. The fraction of sp³-hybridized carbons (Fsp3) is 0.471. The van der Waals surface area contributed by atoms with Gasteiger partial charge >= 0.3 is 6.18 Å². The van der Waals surface area contributed by atoms with E-state index < -0.39 is 29.9 Å². The number of rotatable bonds is 4. The molecule has 0 saturated heterocycles. The van der Waals surface area contributed by atoms with Gasteiger partial charge in [-0.05, 0) is 43.7 Å². The van der Waals surface area contributed by atoms with Crippen LogP contribution in [0.25, 0.3) is 5.69 Å². The number of hydrogen-bond donors (Lipinski definition) is 0. The minimum atomic E-state index is -4.56. The number of nitrogens with zero attached hydrogens (tertiary/aromatic N) is 2. The third-order valence-electron chi connectivity index (χ3n) is 4.63. The molecule has 2 saturated carbocycles. The minimum absolute atomic E-state index is 0.0626. The van der Waals surface area contributed by atoms with Crippen LogP contribution in [0.2, 0.25) is 0 Å². The van der Waals surface area contributed by atoms with Crippen LogP contribution in [-0.4, -0.2) is 15.5 Å². The quantitative estimate of drug-likeness (QED) is 0.752. The largest absolute Gasteiger partial charge is 0.407 e. The first-order valence-corrected chi connectivity index (χ1v) is 8.14. The highest BCUT2D eigenvalue weighted by atomic mass is 19.4. The van der Waals surface area contributed by atoms with Crippen LogP contribution in [0.5, 0.6) is 0 Å². The summed E-state index contributed by atoms with van der Waals surface area (Å²) in [6.07, 6.45) is -1.64.